The molecule has 0 spiro atoms. The monoisotopic (exact) mass is 533 g/mol. The van der Waals surface area contributed by atoms with Crippen molar-refractivity contribution in [2.45, 2.75) is 25.2 Å². The highest BCUT2D eigenvalue weighted by Gasteiger charge is 2.33. The number of fused-ring (bicyclic) bond motifs is 2. The first-order valence-corrected chi connectivity index (χ1v) is 12.3. The molecule has 9 heteroatoms. The van der Waals surface area contributed by atoms with Gasteiger partial charge in [-0.15, -0.1) is 0 Å². The van der Waals surface area contributed by atoms with Crippen LogP contribution in [0.15, 0.2) is 65.3 Å². The zero-order chi connectivity index (χ0) is 24.4. The number of para-hydroxylation sites is 1. The second kappa shape index (κ2) is 9.87. The molecule has 1 atom stereocenters. The van der Waals surface area contributed by atoms with E-state index in [1.54, 1.807) is 28.9 Å². The van der Waals surface area contributed by atoms with Gasteiger partial charge in [0, 0.05) is 36.7 Å². The lowest BCUT2D eigenvalue weighted by Gasteiger charge is -2.13. The average Bonchev–Trinajstić information content (AvgIpc) is 3.41. The molecule has 2 heterocycles. The Balaban J connectivity index is 1.18. The van der Waals surface area contributed by atoms with Crippen molar-refractivity contribution in [3.05, 3.63) is 76.4 Å². The molecule has 8 nitrogen and oxygen atoms in total. The minimum atomic E-state index is -0.395. The van der Waals surface area contributed by atoms with Crippen molar-refractivity contribution >= 4 is 39.1 Å². The molecular weight excluding hydrogens is 510 g/mol. The maximum atomic E-state index is 12.6. The van der Waals surface area contributed by atoms with E-state index in [9.17, 15) is 14.7 Å². The van der Waals surface area contributed by atoms with Crippen molar-refractivity contribution in [2.75, 3.05) is 18.4 Å². The molecule has 0 aliphatic heterocycles. The molecule has 0 saturated carbocycles. The van der Waals surface area contributed by atoms with E-state index in [1.807, 2.05) is 36.4 Å². The van der Waals surface area contributed by atoms with Gasteiger partial charge in [0.25, 0.3) is 0 Å². The number of rotatable bonds is 8. The maximum Gasteiger partial charge on any atom is 0.228 e. The van der Waals surface area contributed by atoms with Crippen LogP contribution in [0.25, 0.3) is 16.9 Å². The predicted octanol–water partition coefficient (Wildman–Crippen LogP) is 4.54. The van der Waals surface area contributed by atoms with Crippen LogP contribution in [0.2, 0.25) is 0 Å². The second-order valence-electron chi connectivity index (χ2n) is 8.46. The molecule has 178 valence electrons. The van der Waals surface area contributed by atoms with Gasteiger partial charge in [0.05, 0.1) is 22.3 Å². The summed E-state index contributed by atoms with van der Waals surface area (Å²) in [5, 5.41) is 21.0. The number of carbonyl (C=O) groups is 2. The smallest absolute Gasteiger partial charge is 0.228 e. The number of phenolic OH excluding ortho intramolecular Hbond substituents is 1. The molecule has 1 aliphatic rings. The number of hydrogen-bond acceptors (Lipinski definition) is 6. The Morgan fingerprint density at radius 3 is 2.66 bits per heavy atom. The van der Waals surface area contributed by atoms with Crippen LogP contribution in [0.5, 0.6) is 5.75 Å². The number of benzene rings is 2. The molecule has 1 unspecified atom stereocenters. The highest BCUT2D eigenvalue weighted by Crippen LogP contribution is 2.33. The number of anilines is 1. The van der Waals surface area contributed by atoms with Gasteiger partial charge in [-0.1, -0.05) is 36.4 Å². The summed E-state index contributed by atoms with van der Waals surface area (Å²) in [6, 6.07) is 16.3. The fraction of sp³-hybridized carbons (Fsp3) is 0.231. The van der Waals surface area contributed by atoms with Gasteiger partial charge in [0.2, 0.25) is 5.91 Å². The second-order valence-corrected chi connectivity index (χ2v) is 9.32. The minimum absolute atomic E-state index is 0.0297. The fourth-order valence-electron chi connectivity index (χ4n) is 4.39. The molecule has 1 amide bonds. The summed E-state index contributed by atoms with van der Waals surface area (Å²) in [5.74, 6) is 0.452. The summed E-state index contributed by atoms with van der Waals surface area (Å²) in [6.07, 6.45) is 3.52. The first kappa shape index (κ1) is 23.0. The third-order valence-corrected chi connectivity index (χ3v) is 6.72. The van der Waals surface area contributed by atoms with E-state index in [-0.39, 0.29) is 23.9 Å². The van der Waals surface area contributed by atoms with Crippen LogP contribution >= 0.6 is 15.9 Å². The molecule has 3 N–H and O–H groups in total. The molecule has 0 radical (unpaired) electrons. The molecule has 0 saturated heterocycles. The number of amides is 1. The number of carbonyl (C=O) groups excluding carboxylic acids is 2. The first-order valence-electron chi connectivity index (χ1n) is 11.5. The molecule has 0 fully saturated rings. The van der Waals surface area contributed by atoms with Crippen molar-refractivity contribution in [1.29, 1.82) is 0 Å². The van der Waals surface area contributed by atoms with Gasteiger partial charge in [-0.2, -0.15) is 9.61 Å². The normalized spacial score (nSPS) is 14.8. The molecular formula is C26H24BrN5O3. The van der Waals surface area contributed by atoms with E-state index in [4.69, 9.17) is 0 Å². The van der Waals surface area contributed by atoms with Crippen LogP contribution in [0, 0.1) is 0 Å². The topological polar surface area (TPSA) is 109 Å². The van der Waals surface area contributed by atoms with Crippen LogP contribution in [0.3, 0.4) is 0 Å². The number of aromatic nitrogens is 3. The standard InChI is InChI=1S/C26H24BrN5O3/c27-20-15-30-32-24(14-21(31-25(20)32)18-9-3-4-10-22(18)33)28-11-5-6-12-29-26(35)19-13-23(34)17-8-2-1-7-16(17)19/h1-4,7-10,14-15,19,28,33H,5-6,11-13H2,(H,29,35). The Hall–Kier alpha value is -3.72. The number of nitrogens with one attached hydrogen (secondary N) is 2. The van der Waals surface area contributed by atoms with Crippen LogP contribution in [0.1, 0.15) is 41.1 Å². The van der Waals surface area contributed by atoms with Gasteiger partial charge in [-0.05, 0) is 46.5 Å². The summed E-state index contributed by atoms with van der Waals surface area (Å²) in [5.41, 5.74) is 3.41. The van der Waals surface area contributed by atoms with Gasteiger partial charge in [-0.25, -0.2) is 4.98 Å². The minimum Gasteiger partial charge on any atom is -0.507 e. The van der Waals surface area contributed by atoms with Crippen molar-refractivity contribution < 1.29 is 14.7 Å². The van der Waals surface area contributed by atoms with E-state index in [0.717, 1.165) is 28.7 Å². The molecule has 4 aromatic rings. The lowest BCUT2D eigenvalue weighted by Crippen LogP contribution is -2.29. The highest BCUT2D eigenvalue weighted by molar-refractivity contribution is 9.10. The third kappa shape index (κ3) is 4.64. The number of Topliss-reactive ketones (excluding diaryl/α,β-unsaturated/α-hetero) is 1. The van der Waals surface area contributed by atoms with Crippen LogP contribution in [0.4, 0.5) is 5.82 Å². The molecule has 1 aliphatic carbocycles. The fourth-order valence-corrected chi connectivity index (χ4v) is 4.73. The molecule has 35 heavy (non-hydrogen) atoms. The summed E-state index contributed by atoms with van der Waals surface area (Å²) in [6.45, 7) is 1.20. The van der Waals surface area contributed by atoms with Gasteiger partial charge < -0.3 is 15.7 Å². The number of aromatic hydroxyl groups is 1. The van der Waals surface area contributed by atoms with E-state index in [1.165, 1.54) is 0 Å². The number of ketones is 1. The van der Waals surface area contributed by atoms with Crippen LogP contribution < -0.4 is 10.6 Å². The zero-order valence-electron chi connectivity index (χ0n) is 18.9. The quantitative estimate of drug-likeness (QED) is 0.287. The predicted molar refractivity (Wildman–Crippen MR) is 137 cm³/mol. The van der Waals surface area contributed by atoms with Crippen LogP contribution in [-0.2, 0) is 4.79 Å². The lowest BCUT2D eigenvalue weighted by atomic mass is 10.0. The van der Waals surface area contributed by atoms with Gasteiger partial charge in [-0.3, -0.25) is 9.59 Å². The zero-order valence-corrected chi connectivity index (χ0v) is 20.5. The maximum absolute atomic E-state index is 12.6. The molecule has 0 bridgehead atoms. The molecule has 2 aromatic heterocycles. The lowest BCUT2D eigenvalue weighted by molar-refractivity contribution is -0.122. The summed E-state index contributed by atoms with van der Waals surface area (Å²) in [7, 11) is 0. The van der Waals surface area contributed by atoms with Crippen molar-refractivity contribution in [2.24, 2.45) is 0 Å². The summed E-state index contributed by atoms with van der Waals surface area (Å²) in [4.78, 5) is 29.4. The highest BCUT2D eigenvalue weighted by atomic mass is 79.9. The Labute approximate surface area is 210 Å². The Morgan fingerprint density at radius 2 is 1.83 bits per heavy atom. The third-order valence-electron chi connectivity index (χ3n) is 6.16. The average molecular weight is 534 g/mol. The number of phenols is 1. The largest absolute Gasteiger partial charge is 0.507 e. The van der Waals surface area contributed by atoms with Crippen molar-refractivity contribution in [1.82, 2.24) is 19.9 Å². The van der Waals surface area contributed by atoms with Gasteiger partial charge >= 0.3 is 0 Å². The van der Waals surface area contributed by atoms with E-state index >= 15 is 0 Å². The number of unbranched alkanes of at least 4 members (excludes halogenated alkanes) is 1. The SMILES string of the molecule is O=C1CC(C(=O)NCCCCNc2cc(-c3ccccc3O)nc3c(Br)cnn23)c2ccccc21. The Kier molecular flexibility index (Phi) is 6.50. The van der Waals surface area contributed by atoms with Crippen molar-refractivity contribution in [3.8, 4) is 17.0 Å². The van der Waals surface area contributed by atoms with Gasteiger partial charge in [0.15, 0.2) is 11.4 Å². The number of halogens is 1. The molecule has 5 rings (SSSR count). The van der Waals surface area contributed by atoms with E-state index in [0.29, 0.717) is 35.6 Å². The number of nitrogens with zero attached hydrogens (tertiary/aromatic N) is 3. The van der Waals surface area contributed by atoms with Gasteiger partial charge in [0.1, 0.15) is 11.6 Å². The first-order chi connectivity index (χ1) is 17.0. The van der Waals surface area contributed by atoms with E-state index in [2.05, 4.69) is 36.6 Å². The summed E-state index contributed by atoms with van der Waals surface area (Å²) < 4.78 is 2.47. The van der Waals surface area contributed by atoms with E-state index < -0.39 is 5.92 Å². The Morgan fingerprint density at radius 1 is 1.09 bits per heavy atom. The molecule has 2 aromatic carbocycles. The Bertz CT molecular complexity index is 1420. The summed E-state index contributed by atoms with van der Waals surface area (Å²) >= 11 is 3.49. The number of hydrogen-bond donors (Lipinski definition) is 3. The van der Waals surface area contributed by atoms with Crippen molar-refractivity contribution in [3.63, 3.8) is 0 Å². The van der Waals surface area contributed by atoms with Crippen LogP contribution in [-0.4, -0.2) is 44.5 Å².